The lowest BCUT2D eigenvalue weighted by Gasteiger charge is -2.41. The van der Waals surface area contributed by atoms with Gasteiger partial charge in [0.05, 0.1) is 0 Å². The monoisotopic (exact) mass is 98.1 g/mol. The lowest BCUT2D eigenvalue weighted by molar-refractivity contribution is 0.237. The summed E-state index contributed by atoms with van der Waals surface area (Å²) in [5.74, 6) is 0. The summed E-state index contributed by atoms with van der Waals surface area (Å²) in [4.78, 5) is 0. The molecular formula is C6H12N. The van der Waals surface area contributed by atoms with E-state index in [1.54, 1.807) is 0 Å². The van der Waals surface area contributed by atoms with Crippen LogP contribution in [0.4, 0.5) is 0 Å². The van der Waals surface area contributed by atoms with Crippen LogP contribution in [-0.2, 0) is 0 Å². The summed E-state index contributed by atoms with van der Waals surface area (Å²) in [6.07, 6.45) is 3.37. The van der Waals surface area contributed by atoms with Crippen LogP contribution in [0.3, 0.4) is 0 Å². The second kappa shape index (κ2) is 1.22. The van der Waals surface area contributed by atoms with Crippen LogP contribution in [0.25, 0.3) is 0 Å². The standard InChI is InChI=1S/C6H12N/c1-6(2)4-3-5(6)7/h4-5H,3,7H2,1-2H3/t5-/m1/s1. The molecule has 1 aliphatic rings. The van der Waals surface area contributed by atoms with Crippen molar-refractivity contribution in [2.45, 2.75) is 26.3 Å². The van der Waals surface area contributed by atoms with Crippen LogP contribution in [0.2, 0.25) is 0 Å². The summed E-state index contributed by atoms with van der Waals surface area (Å²) >= 11 is 0. The average Bonchev–Trinajstić information content (AvgIpc) is 1.63. The summed E-state index contributed by atoms with van der Waals surface area (Å²) < 4.78 is 0. The molecule has 0 heterocycles. The normalized spacial score (nSPS) is 37.3. The summed E-state index contributed by atoms with van der Waals surface area (Å²) in [7, 11) is 0. The van der Waals surface area contributed by atoms with E-state index >= 15 is 0 Å². The van der Waals surface area contributed by atoms with Gasteiger partial charge in [0, 0.05) is 6.04 Å². The molecule has 0 bridgehead atoms. The smallest absolute Gasteiger partial charge is 0.00960 e. The van der Waals surface area contributed by atoms with Crippen LogP contribution in [-0.4, -0.2) is 6.04 Å². The van der Waals surface area contributed by atoms with Gasteiger partial charge in [-0.3, -0.25) is 0 Å². The molecule has 1 rings (SSSR count). The molecule has 0 aromatic carbocycles. The SMILES string of the molecule is CC1(C)[CH]C[C@H]1N. The predicted molar refractivity (Wildman–Crippen MR) is 30.7 cm³/mol. The van der Waals surface area contributed by atoms with Crippen molar-refractivity contribution in [3.8, 4) is 0 Å². The van der Waals surface area contributed by atoms with E-state index in [1.807, 2.05) is 0 Å². The molecular weight excluding hydrogens is 86.1 g/mol. The van der Waals surface area contributed by atoms with Gasteiger partial charge in [-0.25, -0.2) is 0 Å². The molecule has 7 heavy (non-hydrogen) atoms. The van der Waals surface area contributed by atoms with E-state index in [4.69, 9.17) is 5.73 Å². The molecule has 1 aliphatic carbocycles. The molecule has 1 heteroatoms. The molecule has 0 aliphatic heterocycles. The molecule has 0 aromatic rings. The maximum Gasteiger partial charge on any atom is 0.00960 e. The summed E-state index contributed by atoms with van der Waals surface area (Å²) in [6, 6.07) is 0.424. The van der Waals surface area contributed by atoms with Crippen LogP contribution >= 0.6 is 0 Å². The summed E-state index contributed by atoms with van der Waals surface area (Å²) in [5.41, 5.74) is 5.96. The third-order valence-electron chi connectivity index (χ3n) is 1.85. The molecule has 1 saturated carbocycles. The first-order chi connectivity index (χ1) is 3.13. The lowest BCUT2D eigenvalue weighted by atomic mass is 9.68. The Bertz CT molecular complexity index is 76.2. The quantitative estimate of drug-likeness (QED) is 0.479. The molecule has 0 unspecified atom stereocenters. The van der Waals surface area contributed by atoms with E-state index in [9.17, 15) is 0 Å². The van der Waals surface area contributed by atoms with Gasteiger partial charge < -0.3 is 5.73 Å². The summed E-state index contributed by atoms with van der Waals surface area (Å²) in [5, 5.41) is 0. The fourth-order valence-corrected chi connectivity index (χ4v) is 0.725. The maximum atomic E-state index is 5.62. The van der Waals surface area contributed by atoms with Gasteiger partial charge in [-0.05, 0) is 18.3 Å². The van der Waals surface area contributed by atoms with Gasteiger partial charge in [0.1, 0.15) is 0 Å². The van der Waals surface area contributed by atoms with Gasteiger partial charge in [-0.2, -0.15) is 0 Å². The van der Waals surface area contributed by atoms with Crippen molar-refractivity contribution in [3.05, 3.63) is 6.42 Å². The molecule has 1 radical (unpaired) electrons. The molecule has 1 atom stereocenters. The van der Waals surface area contributed by atoms with Crippen molar-refractivity contribution in [3.63, 3.8) is 0 Å². The van der Waals surface area contributed by atoms with Gasteiger partial charge in [0.15, 0.2) is 0 Å². The molecule has 1 fully saturated rings. The fraction of sp³-hybridized carbons (Fsp3) is 0.833. The van der Waals surface area contributed by atoms with Crippen LogP contribution in [0, 0.1) is 11.8 Å². The number of hydrogen-bond acceptors (Lipinski definition) is 1. The van der Waals surface area contributed by atoms with Gasteiger partial charge in [-0.15, -0.1) is 0 Å². The van der Waals surface area contributed by atoms with Crippen molar-refractivity contribution in [1.29, 1.82) is 0 Å². The van der Waals surface area contributed by atoms with E-state index in [2.05, 4.69) is 20.3 Å². The molecule has 0 spiro atoms. The van der Waals surface area contributed by atoms with Crippen LogP contribution in [0.1, 0.15) is 20.3 Å². The van der Waals surface area contributed by atoms with Crippen molar-refractivity contribution in [2.24, 2.45) is 11.1 Å². The van der Waals surface area contributed by atoms with Gasteiger partial charge in [0.25, 0.3) is 0 Å². The Morgan fingerprint density at radius 1 is 1.71 bits per heavy atom. The Hall–Kier alpha value is -0.0400. The van der Waals surface area contributed by atoms with Crippen LogP contribution in [0.5, 0.6) is 0 Å². The molecule has 0 amide bonds. The van der Waals surface area contributed by atoms with Crippen molar-refractivity contribution < 1.29 is 0 Å². The minimum Gasteiger partial charge on any atom is -0.327 e. The fourth-order valence-electron chi connectivity index (χ4n) is 0.725. The molecule has 41 valence electrons. The van der Waals surface area contributed by atoms with E-state index in [0.717, 1.165) is 6.42 Å². The zero-order valence-electron chi connectivity index (χ0n) is 4.94. The highest BCUT2D eigenvalue weighted by Crippen LogP contribution is 2.36. The number of nitrogens with two attached hydrogens (primary N) is 1. The average molecular weight is 98.2 g/mol. The highest BCUT2D eigenvalue weighted by Gasteiger charge is 2.35. The Morgan fingerprint density at radius 2 is 2.14 bits per heavy atom. The summed E-state index contributed by atoms with van der Waals surface area (Å²) in [6.45, 7) is 4.34. The minimum absolute atomic E-state index is 0.333. The largest absolute Gasteiger partial charge is 0.327 e. The van der Waals surface area contributed by atoms with E-state index < -0.39 is 0 Å². The van der Waals surface area contributed by atoms with Gasteiger partial charge in [-0.1, -0.05) is 13.8 Å². The number of rotatable bonds is 0. The van der Waals surface area contributed by atoms with E-state index in [-0.39, 0.29) is 0 Å². The van der Waals surface area contributed by atoms with Gasteiger partial charge in [0.2, 0.25) is 0 Å². The van der Waals surface area contributed by atoms with Crippen LogP contribution < -0.4 is 5.73 Å². The highest BCUT2D eigenvalue weighted by molar-refractivity contribution is 5.05. The second-order valence-electron chi connectivity index (χ2n) is 2.87. The van der Waals surface area contributed by atoms with E-state index in [0.29, 0.717) is 11.5 Å². The van der Waals surface area contributed by atoms with Crippen molar-refractivity contribution in [2.75, 3.05) is 0 Å². The zero-order valence-corrected chi connectivity index (χ0v) is 4.94. The zero-order chi connectivity index (χ0) is 5.49. The third-order valence-corrected chi connectivity index (χ3v) is 1.85. The maximum absolute atomic E-state index is 5.62. The first-order valence-electron chi connectivity index (χ1n) is 2.73. The second-order valence-corrected chi connectivity index (χ2v) is 2.87. The minimum atomic E-state index is 0.333. The Balaban J connectivity index is 2.43. The van der Waals surface area contributed by atoms with Crippen LogP contribution in [0.15, 0.2) is 0 Å². The highest BCUT2D eigenvalue weighted by atomic mass is 14.7. The molecule has 1 nitrogen and oxygen atoms in total. The topological polar surface area (TPSA) is 26.0 Å². The Morgan fingerprint density at radius 3 is 2.14 bits per heavy atom. The van der Waals surface area contributed by atoms with Crippen molar-refractivity contribution in [1.82, 2.24) is 0 Å². The van der Waals surface area contributed by atoms with Gasteiger partial charge >= 0.3 is 0 Å². The first kappa shape index (κ1) is 5.10. The Kier molecular flexibility index (Phi) is 0.890. The third kappa shape index (κ3) is 0.653. The predicted octanol–water partition coefficient (Wildman–Crippen LogP) is 0.948. The lowest BCUT2D eigenvalue weighted by Crippen LogP contribution is -2.46. The van der Waals surface area contributed by atoms with Crippen molar-refractivity contribution >= 4 is 0 Å². The van der Waals surface area contributed by atoms with E-state index in [1.165, 1.54) is 0 Å². The number of hydrogen-bond donors (Lipinski definition) is 1. The Labute approximate surface area is 44.9 Å². The molecule has 0 aromatic heterocycles. The molecule has 0 saturated heterocycles. The molecule has 2 N–H and O–H groups in total. The first-order valence-corrected chi connectivity index (χ1v) is 2.73.